The quantitative estimate of drug-likeness (QED) is 0.682. The van der Waals surface area contributed by atoms with Gasteiger partial charge in [0, 0.05) is 6.54 Å². The molecular formula is C7H11N7. The van der Waals surface area contributed by atoms with E-state index < -0.39 is 0 Å². The van der Waals surface area contributed by atoms with Crippen LogP contribution < -0.4 is 5.73 Å². The SMILES string of the molecule is CCn1cncc1C(N)c1nn[nH]n1. The van der Waals surface area contributed by atoms with E-state index in [1.807, 2.05) is 11.5 Å². The van der Waals surface area contributed by atoms with E-state index in [-0.39, 0.29) is 6.04 Å². The second kappa shape index (κ2) is 3.54. The lowest BCUT2D eigenvalue weighted by Gasteiger charge is -2.08. The Labute approximate surface area is 80.3 Å². The van der Waals surface area contributed by atoms with Gasteiger partial charge < -0.3 is 10.3 Å². The number of nitrogens with two attached hydrogens (primary N) is 1. The van der Waals surface area contributed by atoms with E-state index in [0.29, 0.717) is 5.82 Å². The minimum absolute atomic E-state index is 0.379. The Morgan fingerprint density at radius 3 is 3.14 bits per heavy atom. The molecule has 0 bridgehead atoms. The Morgan fingerprint density at radius 2 is 2.50 bits per heavy atom. The molecule has 0 amide bonds. The van der Waals surface area contributed by atoms with Gasteiger partial charge in [0.2, 0.25) is 0 Å². The lowest BCUT2D eigenvalue weighted by atomic mass is 10.2. The number of H-pyrrole nitrogens is 1. The van der Waals surface area contributed by atoms with Crippen LogP contribution >= 0.6 is 0 Å². The molecular weight excluding hydrogens is 182 g/mol. The average Bonchev–Trinajstić information content (AvgIpc) is 2.87. The van der Waals surface area contributed by atoms with Crippen molar-refractivity contribution in [2.75, 3.05) is 0 Å². The first kappa shape index (κ1) is 8.82. The third kappa shape index (κ3) is 1.37. The summed E-state index contributed by atoms with van der Waals surface area (Å²) < 4.78 is 1.95. The van der Waals surface area contributed by atoms with Gasteiger partial charge in [-0.3, -0.25) is 0 Å². The Hall–Kier alpha value is -1.76. The standard InChI is InChI=1S/C7H11N7/c1-2-14-4-9-3-5(14)6(8)7-10-12-13-11-7/h3-4,6H,2,8H2,1H3,(H,10,11,12,13). The highest BCUT2D eigenvalue weighted by molar-refractivity contribution is 5.12. The van der Waals surface area contributed by atoms with Crippen LogP contribution in [0.4, 0.5) is 0 Å². The molecule has 0 aliphatic rings. The minimum Gasteiger partial charge on any atom is -0.333 e. The summed E-state index contributed by atoms with van der Waals surface area (Å²) in [4.78, 5) is 4.02. The Balaban J connectivity index is 2.31. The number of aromatic amines is 1. The van der Waals surface area contributed by atoms with Crippen LogP contribution in [0.25, 0.3) is 0 Å². The maximum absolute atomic E-state index is 5.94. The van der Waals surface area contributed by atoms with Gasteiger partial charge in [0.05, 0.1) is 18.2 Å². The Morgan fingerprint density at radius 1 is 1.64 bits per heavy atom. The molecule has 0 aromatic carbocycles. The summed E-state index contributed by atoms with van der Waals surface area (Å²) in [5.41, 5.74) is 6.82. The van der Waals surface area contributed by atoms with Crippen molar-refractivity contribution >= 4 is 0 Å². The molecule has 1 unspecified atom stereocenters. The number of aromatic nitrogens is 6. The van der Waals surface area contributed by atoms with Gasteiger partial charge in [-0.05, 0) is 6.92 Å². The fraction of sp³-hybridized carbons (Fsp3) is 0.429. The minimum atomic E-state index is -0.379. The van der Waals surface area contributed by atoms with Crippen LogP contribution in [0.1, 0.15) is 24.5 Å². The first-order valence-corrected chi connectivity index (χ1v) is 4.32. The van der Waals surface area contributed by atoms with Gasteiger partial charge in [-0.25, -0.2) is 4.98 Å². The lowest BCUT2D eigenvalue weighted by molar-refractivity contribution is 0.654. The summed E-state index contributed by atoms with van der Waals surface area (Å²) >= 11 is 0. The molecule has 0 saturated carbocycles. The zero-order chi connectivity index (χ0) is 9.97. The summed E-state index contributed by atoms with van der Waals surface area (Å²) in [5.74, 6) is 0.472. The normalized spacial score (nSPS) is 13.0. The van der Waals surface area contributed by atoms with Crippen LogP contribution in [0.3, 0.4) is 0 Å². The van der Waals surface area contributed by atoms with Crippen molar-refractivity contribution in [3.8, 4) is 0 Å². The van der Waals surface area contributed by atoms with Crippen LogP contribution in [0, 0.1) is 0 Å². The molecule has 14 heavy (non-hydrogen) atoms. The fourth-order valence-corrected chi connectivity index (χ4v) is 1.29. The monoisotopic (exact) mass is 193 g/mol. The lowest BCUT2D eigenvalue weighted by Crippen LogP contribution is -2.17. The Bertz CT molecular complexity index is 390. The van der Waals surface area contributed by atoms with Gasteiger partial charge in [-0.15, -0.1) is 10.2 Å². The van der Waals surface area contributed by atoms with Gasteiger partial charge in [0.25, 0.3) is 0 Å². The van der Waals surface area contributed by atoms with Crippen molar-refractivity contribution in [1.82, 2.24) is 30.2 Å². The predicted molar refractivity (Wildman–Crippen MR) is 48.1 cm³/mol. The van der Waals surface area contributed by atoms with Crippen LogP contribution in [-0.2, 0) is 6.54 Å². The average molecular weight is 193 g/mol. The number of hydrogen-bond donors (Lipinski definition) is 2. The van der Waals surface area contributed by atoms with Gasteiger partial charge in [0.15, 0.2) is 5.82 Å². The van der Waals surface area contributed by atoms with Crippen molar-refractivity contribution in [2.24, 2.45) is 5.73 Å². The smallest absolute Gasteiger partial charge is 0.197 e. The number of rotatable bonds is 3. The number of imidazole rings is 1. The third-order valence-electron chi connectivity index (χ3n) is 2.04. The summed E-state index contributed by atoms with van der Waals surface area (Å²) in [6, 6.07) is -0.379. The Kier molecular flexibility index (Phi) is 2.23. The molecule has 0 saturated heterocycles. The number of tetrazole rings is 1. The first-order chi connectivity index (χ1) is 6.83. The van der Waals surface area contributed by atoms with E-state index in [4.69, 9.17) is 5.73 Å². The van der Waals surface area contributed by atoms with E-state index in [0.717, 1.165) is 12.2 Å². The van der Waals surface area contributed by atoms with E-state index in [1.54, 1.807) is 12.5 Å². The third-order valence-corrected chi connectivity index (χ3v) is 2.04. The molecule has 1 atom stereocenters. The van der Waals surface area contributed by atoms with E-state index >= 15 is 0 Å². The molecule has 0 aliphatic carbocycles. The predicted octanol–water partition coefficient (Wildman–Crippen LogP) is -0.536. The fourth-order valence-electron chi connectivity index (χ4n) is 1.29. The molecule has 2 rings (SSSR count). The highest BCUT2D eigenvalue weighted by Gasteiger charge is 2.16. The molecule has 0 spiro atoms. The van der Waals surface area contributed by atoms with Crippen molar-refractivity contribution < 1.29 is 0 Å². The highest BCUT2D eigenvalue weighted by Crippen LogP contribution is 2.14. The number of hydrogen-bond acceptors (Lipinski definition) is 5. The molecule has 0 aliphatic heterocycles. The molecule has 0 fully saturated rings. The van der Waals surface area contributed by atoms with Crippen LogP contribution in [0.5, 0.6) is 0 Å². The van der Waals surface area contributed by atoms with Gasteiger partial charge >= 0.3 is 0 Å². The first-order valence-electron chi connectivity index (χ1n) is 4.32. The van der Waals surface area contributed by atoms with Crippen molar-refractivity contribution in [1.29, 1.82) is 0 Å². The zero-order valence-electron chi connectivity index (χ0n) is 7.75. The summed E-state index contributed by atoms with van der Waals surface area (Å²) in [7, 11) is 0. The van der Waals surface area contributed by atoms with Crippen LogP contribution in [-0.4, -0.2) is 30.2 Å². The molecule has 3 N–H and O–H groups in total. The molecule has 2 aromatic rings. The summed E-state index contributed by atoms with van der Waals surface area (Å²) in [5, 5.41) is 13.5. The van der Waals surface area contributed by atoms with Crippen molar-refractivity contribution in [3.63, 3.8) is 0 Å². The van der Waals surface area contributed by atoms with Crippen LogP contribution in [0.15, 0.2) is 12.5 Å². The van der Waals surface area contributed by atoms with E-state index in [2.05, 4.69) is 25.6 Å². The molecule has 2 aromatic heterocycles. The largest absolute Gasteiger partial charge is 0.333 e. The molecule has 7 nitrogen and oxygen atoms in total. The van der Waals surface area contributed by atoms with E-state index in [1.165, 1.54) is 0 Å². The van der Waals surface area contributed by atoms with Gasteiger partial charge in [-0.1, -0.05) is 5.21 Å². The highest BCUT2D eigenvalue weighted by atomic mass is 15.5. The van der Waals surface area contributed by atoms with Crippen molar-refractivity contribution in [2.45, 2.75) is 19.5 Å². The summed E-state index contributed by atoms with van der Waals surface area (Å²) in [6.07, 6.45) is 3.44. The van der Waals surface area contributed by atoms with Crippen LogP contribution in [0.2, 0.25) is 0 Å². The second-order valence-corrected chi connectivity index (χ2v) is 2.85. The topological polar surface area (TPSA) is 98.3 Å². The molecule has 2 heterocycles. The molecule has 74 valence electrons. The second-order valence-electron chi connectivity index (χ2n) is 2.85. The van der Waals surface area contributed by atoms with Crippen molar-refractivity contribution in [3.05, 3.63) is 24.0 Å². The zero-order valence-corrected chi connectivity index (χ0v) is 7.75. The van der Waals surface area contributed by atoms with E-state index in [9.17, 15) is 0 Å². The summed E-state index contributed by atoms with van der Waals surface area (Å²) in [6.45, 7) is 2.84. The van der Waals surface area contributed by atoms with Gasteiger partial charge in [0.1, 0.15) is 6.04 Å². The molecule has 0 radical (unpaired) electrons. The number of aryl methyl sites for hydroxylation is 1. The molecule has 7 heteroatoms. The maximum atomic E-state index is 5.94. The number of nitrogens with zero attached hydrogens (tertiary/aromatic N) is 5. The van der Waals surface area contributed by atoms with Gasteiger partial charge in [-0.2, -0.15) is 5.21 Å². The maximum Gasteiger partial charge on any atom is 0.197 e. The number of nitrogens with one attached hydrogen (secondary N) is 1.